The van der Waals surface area contributed by atoms with Crippen molar-refractivity contribution in [2.75, 3.05) is 5.73 Å². The number of nitrogen functional groups attached to an aromatic ring is 1. The standard InChI is InChI=1S/C41H29N3.C22H19Cl.C22H18.C20H13ClN2.C15H13Br.C6H6ClN/c1-41(2)34-17-9-6-14-29(34)32-24-33-30-15-8-11-19-37(30)44(38(33)25-35(32)41)40-42-36-18-10-7-16-31(36)39(43-40)28-22-20-27(21-23-28)26-12-4-3-5-13-26;1-22(2)19-9-5-4-8-17(19)18-12-11-15(14-20(18)22)13-16-7-3-6-10-21(16)23;1-22(2)20-10-6-5-9-17(20)19-13-18-15(12-21(19)22)11-14-7-3-4-8-16(14)18;21-20-22-18-9-5-4-8-17(18)19(23-20)16-12-10-15(11-13-16)14-6-2-1-3-7-14;1-15(2)13-6-4-3-5-11(13)12-8-7-10(16)9-14(12)15;7-5-3-1-2-4-6(5)8/h3-25H,1-2H3;3-12,14H,13H2,1-2H3;3-10,12-13H,11H2,1-2H3;1-13H;3-9H,1-2H3;1-4H,8H2. The van der Waals surface area contributed by atoms with Gasteiger partial charge in [-0.2, -0.15) is 0 Å². The number of fused-ring (bicyclic) bond motifs is 20. The Morgan fingerprint density at radius 1 is 0.279 bits per heavy atom. The lowest BCUT2D eigenvalue weighted by molar-refractivity contribution is 0.659. The van der Waals surface area contributed by atoms with E-state index in [0.29, 0.717) is 16.7 Å². The van der Waals surface area contributed by atoms with Gasteiger partial charge in [0.15, 0.2) is 0 Å². The molecule has 26 rings (SSSR count). The third-order valence-electron chi connectivity index (χ3n) is 28.2. The van der Waals surface area contributed by atoms with Crippen LogP contribution in [0.3, 0.4) is 0 Å². The lowest BCUT2D eigenvalue weighted by atomic mass is 9.81. The maximum Gasteiger partial charge on any atom is 0.235 e. The Morgan fingerprint density at radius 2 is 0.684 bits per heavy atom. The maximum atomic E-state index is 6.32. The number of hydrogen-bond acceptors (Lipinski definition) is 5. The second kappa shape index (κ2) is 36.1. The van der Waals surface area contributed by atoms with Crippen molar-refractivity contribution in [2.45, 2.75) is 89.9 Å². The van der Waals surface area contributed by atoms with Crippen LogP contribution in [0.1, 0.15) is 122 Å². The van der Waals surface area contributed by atoms with Crippen LogP contribution in [0.15, 0.2) is 417 Å². The van der Waals surface area contributed by atoms with Gasteiger partial charge >= 0.3 is 0 Å². The number of aromatic nitrogens is 5. The van der Waals surface area contributed by atoms with Crippen LogP contribution in [0.25, 0.3) is 150 Å². The summed E-state index contributed by atoms with van der Waals surface area (Å²) in [4.78, 5) is 19.2. The zero-order chi connectivity index (χ0) is 93.3. The molecule has 3 heterocycles. The molecule has 0 bridgehead atoms. The molecule has 6 nitrogen and oxygen atoms in total. The van der Waals surface area contributed by atoms with Gasteiger partial charge in [-0.15, -0.1) is 0 Å². The first-order valence-electron chi connectivity index (χ1n) is 46.4. The van der Waals surface area contributed by atoms with Crippen LogP contribution < -0.4 is 5.73 Å². The number of para-hydroxylation sites is 4. The lowest BCUT2D eigenvalue weighted by Crippen LogP contribution is -2.15. The Kier molecular flexibility index (Phi) is 23.4. The lowest BCUT2D eigenvalue weighted by Gasteiger charge is -2.22. The van der Waals surface area contributed by atoms with Crippen molar-refractivity contribution >= 4 is 100 Å². The van der Waals surface area contributed by atoms with Crippen LogP contribution in [0.2, 0.25) is 15.3 Å². The Labute approximate surface area is 819 Å². The van der Waals surface area contributed by atoms with Gasteiger partial charge in [0.2, 0.25) is 11.2 Å². The van der Waals surface area contributed by atoms with Gasteiger partial charge in [-0.25, -0.2) is 19.9 Å². The Bertz CT molecular complexity index is 8200. The summed E-state index contributed by atoms with van der Waals surface area (Å²) < 4.78 is 3.42. The highest BCUT2D eigenvalue weighted by atomic mass is 79.9. The van der Waals surface area contributed by atoms with Crippen molar-refractivity contribution in [1.82, 2.24) is 24.5 Å². The molecule has 0 saturated carbocycles. The largest absolute Gasteiger partial charge is 0.398 e. The van der Waals surface area contributed by atoms with Gasteiger partial charge in [0.1, 0.15) is 0 Å². The molecule has 0 amide bonds. The minimum absolute atomic E-state index is 0.0580. The summed E-state index contributed by atoms with van der Waals surface area (Å²) in [7, 11) is 0. The third-order valence-corrected chi connectivity index (χ3v) is 29.6. The topological polar surface area (TPSA) is 82.5 Å². The zero-order valence-corrected chi connectivity index (χ0v) is 80.9. The smallest absolute Gasteiger partial charge is 0.235 e. The maximum absolute atomic E-state index is 6.32. The molecule has 0 radical (unpaired) electrons. The van der Waals surface area contributed by atoms with Gasteiger partial charge in [0.25, 0.3) is 0 Å². The summed E-state index contributed by atoms with van der Waals surface area (Å²) in [6.07, 6.45) is 1.95. The predicted molar refractivity (Wildman–Crippen MR) is 576 cm³/mol. The highest BCUT2D eigenvalue weighted by Crippen LogP contribution is 2.56. The first-order valence-corrected chi connectivity index (χ1v) is 48.4. The van der Waals surface area contributed by atoms with Crippen LogP contribution in [0.5, 0.6) is 0 Å². The highest BCUT2D eigenvalue weighted by molar-refractivity contribution is 9.10. The summed E-state index contributed by atoms with van der Waals surface area (Å²) in [5, 5.41) is 6.20. The Hall–Kier alpha value is -14.4. The number of nitrogens with two attached hydrogens (primary N) is 1. The van der Waals surface area contributed by atoms with Crippen LogP contribution >= 0.6 is 50.7 Å². The fourth-order valence-corrected chi connectivity index (χ4v) is 22.0. The normalized spacial score (nSPS) is 13.6. The second-order valence-electron chi connectivity index (χ2n) is 37.8. The number of nitrogens with zero attached hydrogens (tertiary/aromatic N) is 5. The van der Waals surface area contributed by atoms with Crippen molar-refractivity contribution in [2.24, 2.45) is 0 Å². The summed E-state index contributed by atoms with van der Waals surface area (Å²) in [6.45, 7) is 18.6. The van der Waals surface area contributed by atoms with E-state index in [9.17, 15) is 0 Å². The van der Waals surface area contributed by atoms with E-state index in [1.807, 2.05) is 72.8 Å². The first kappa shape index (κ1) is 88.2. The van der Waals surface area contributed by atoms with Gasteiger partial charge in [-0.3, -0.25) is 4.57 Å². The quantitative estimate of drug-likeness (QED) is 0.127. The van der Waals surface area contributed by atoms with E-state index in [4.69, 9.17) is 50.5 Å². The van der Waals surface area contributed by atoms with Crippen molar-refractivity contribution in [3.05, 3.63) is 499 Å². The van der Waals surface area contributed by atoms with Crippen LogP contribution in [0, 0.1) is 0 Å². The molecule has 0 spiro atoms. The summed E-state index contributed by atoms with van der Waals surface area (Å²) in [6, 6.07) is 145. The molecule has 10 heteroatoms. The molecule has 5 aliphatic carbocycles. The molecule has 0 fully saturated rings. The van der Waals surface area contributed by atoms with Gasteiger partial charge < -0.3 is 5.73 Å². The Morgan fingerprint density at radius 3 is 1.23 bits per heavy atom. The van der Waals surface area contributed by atoms with Crippen molar-refractivity contribution < 1.29 is 0 Å². The molecule has 0 saturated heterocycles. The van der Waals surface area contributed by atoms with Crippen LogP contribution in [-0.4, -0.2) is 24.5 Å². The first-order chi connectivity index (χ1) is 66.0. The number of anilines is 1. The second-order valence-corrected chi connectivity index (χ2v) is 39.9. The molecule has 136 heavy (non-hydrogen) atoms. The number of halogens is 4. The molecule has 660 valence electrons. The average Bonchev–Trinajstić information content (AvgIpc) is 1.56. The predicted octanol–water partition coefficient (Wildman–Crippen LogP) is 34.5. The van der Waals surface area contributed by atoms with Crippen LogP contribution in [0.4, 0.5) is 5.69 Å². The molecule has 0 atom stereocenters. The molecule has 0 unspecified atom stereocenters. The molecule has 3 aromatic heterocycles. The third kappa shape index (κ3) is 16.3. The van der Waals surface area contributed by atoms with E-state index in [2.05, 4.69) is 413 Å². The molecule has 2 N–H and O–H groups in total. The van der Waals surface area contributed by atoms with E-state index in [0.717, 1.165) is 77.7 Å². The minimum atomic E-state index is -0.0999. The Balaban J connectivity index is 0.000000104. The molecular formula is C126H98BrCl3N6. The van der Waals surface area contributed by atoms with E-state index in [-0.39, 0.29) is 26.9 Å². The molecular weight excluding hydrogens is 1780 g/mol. The van der Waals surface area contributed by atoms with Crippen molar-refractivity contribution in [1.29, 1.82) is 0 Å². The minimum Gasteiger partial charge on any atom is -0.398 e. The van der Waals surface area contributed by atoms with Crippen molar-refractivity contribution in [3.8, 4) is 106 Å². The summed E-state index contributed by atoms with van der Waals surface area (Å²) >= 11 is 21.5. The average molecular weight is 1880 g/mol. The SMILES string of the molecule is CC1(C)c2ccccc2-c2cc3c(cc21)Cc1ccccc1-3.CC1(C)c2ccccc2-c2cc3c4ccccc4n(-c4nc(-c5ccc(-c6ccccc6)cc5)c5ccccc5n4)c3cc21.CC1(C)c2ccccc2-c2ccc(Br)cc21.CC1(C)c2ccccc2-c2ccc(Cc3ccccc3Cl)cc21.Clc1nc(-c2ccc(-c3ccccc3)cc2)c2ccccc2n1.Nc1ccccc1Cl. The van der Waals surface area contributed by atoms with E-state index >= 15 is 0 Å². The summed E-state index contributed by atoms with van der Waals surface area (Å²) in [5.41, 5.74) is 49.6. The zero-order valence-electron chi connectivity index (χ0n) is 77.0. The molecule has 18 aromatic carbocycles. The fourth-order valence-electron chi connectivity index (χ4n) is 21.1. The number of benzene rings is 18. The van der Waals surface area contributed by atoms with Gasteiger partial charge in [0, 0.05) is 63.8 Å². The van der Waals surface area contributed by atoms with E-state index in [1.54, 1.807) is 12.1 Å². The molecule has 21 aromatic rings. The number of hydrogen-bond donors (Lipinski definition) is 1. The highest BCUT2D eigenvalue weighted by Gasteiger charge is 2.41. The number of rotatable bonds is 7. The van der Waals surface area contributed by atoms with Gasteiger partial charge in [0.05, 0.1) is 44.2 Å². The monoisotopic (exact) mass is 1880 g/mol. The van der Waals surface area contributed by atoms with Gasteiger partial charge in [-0.1, -0.05) is 440 Å². The van der Waals surface area contributed by atoms with Crippen molar-refractivity contribution in [3.63, 3.8) is 0 Å². The van der Waals surface area contributed by atoms with Gasteiger partial charge in [-0.05, 0) is 236 Å². The van der Waals surface area contributed by atoms with E-state index < -0.39 is 0 Å². The van der Waals surface area contributed by atoms with Crippen LogP contribution in [-0.2, 0) is 34.5 Å². The fraction of sp³-hybridized carbons (Fsp3) is 0.111. The molecule has 5 aliphatic rings. The molecule has 0 aliphatic heterocycles. The van der Waals surface area contributed by atoms with E-state index in [1.165, 1.54) is 155 Å². The summed E-state index contributed by atoms with van der Waals surface area (Å²) in [5.74, 6) is 0.685.